The third-order valence-corrected chi connectivity index (χ3v) is 3.31. The highest BCUT2D eigenvalue weighted by Gasteiger charge is 2.22. The lowest BCUT2D eigenvalue weighted by atomic mass is 10.3. The van der Waals surface area contributed by atoms with Crippen molar-refractivity contribution in [1.82, 2.24) is 20.2 Å². The van der Waals surface area contributed by atoms with Crippen molar-refractivity contribution in [3.05, 3.63) is 12.3 Å². The molecule has 8 heteroatoms. The van der Waals surface area contributed by atoms with E-state index in [4.69, 9.17) is 0 Å². The molecular weight excluding hydrogens is 232 g/mol. The maximum Gasteiger partial charge on any atom is 0.258 e. The molecule has 0 aromatic carbocycles. The number of carbonyl (C=O) groups excluding carboxylic acids is 1. The van der Waals surface area contributed by atoms with Gasteiger partial charge < -0.3 is 5.32 Å². The van der Waals surface area contributed by atoms with Crippen LogP contribution < -0.4 is 10.0 Å². The molecule has 1 heterocycles. The Morgan fingerprint density at radius 2 is 2.31 bits per heavy atom. The predicted molar refractivity (Wildman–Crippen MR) is 57.1 cm³/mol. The number of rotatable bonds is 5. The number of nitrogens with one attached hydrogen (secondary N) is 3. The second-order valence-electron chi connectivity index (χ2n) is 3.16. The van der Waals surface area contributed by atoms with Crippen molar-refractivity contribution in [3.63, 3.8) is 0 Å². The van der Waals surface area contributed by atoms with E-state index < -0.39 is 16.1 Å². The smallest absolute Gasteiger partial charge is 0.258 e. The van der Waals surface area contributed by atoms with Crippen LogP contribution in [0.1, 0.15) is 13.8 Å². The number of hydrogen-bond donors (Lipinski definition) is 3. The van der Waals surface area contributed by atoms with Crippen molar-refractivity contribution in [2.45, 2.75) is 24.9 Å². The molecule has 0 fully saturated rings. The minimum Gasteiger partial charge on any atom is -0.355 e. The quantitative estimate of drug-likeness (QED) is 0.633. The van der Waals surface area contributed by atoms with E-state index in [0.29, 0.717) is 6.54 Å². The molecular formula is C8H14N4O3S. The fourth-order valence-corrected chi connectivity index (χ4v) is 2.18. The van der Waals surface area contributed by atoms with Gasteiger partial charge in [0.1, 0.15) is 0 Å². The predicted octanol–water partition coefficient (Wildman–Crippen LogP) is -0.787. The second kappa shape index (κ2) is 5.08. The van der Waals surface area contributed by atoms with E-state index in [2.05, 4.69) is 20.2 Å². The molecule has 1 rings (SSSR count). The maximum absolute atomic E-state index is 11.7. The zero-order valence-electron chi connectivity index (χ0n) is 9.02. The summed E-state index contributed by atoms with van der Waals surface area (Å²) in [6.07, 6.45) is 1.32. The van der Waals surface area contributed by atoms with E-state index in [1.807, 2.05) is 0 Å². The number of amides is 1. The molecule has 1 unspecified atom stereocenters. The van der Waals surface area contributed by atoms with Gasteiger partial charge in [0.15, 0.2) is 5.03 Å². The molecule has 0 spiro atoms. The first-order chi connectivity index (χ1) is 7.47. The average molecular weight is 246 g/mol. The number of hydrogen-bond acceptors (Lipinski definition) is 4. The van der Waals surface area contributed by atoms with Gasteiger partial charge in [-0.2, -0.15) is 9.82 Å². The van der Waals surface area contributed by atoms with Gasteiger partial charge in [0.05, 0.1) is 12.2 Å². The van der Waals surface area contributed by atoms with Gasteiger partial charge in [0.2, 0.25) is 5.91 Å². The lowest BCUT2D eigenvalue weighted by molar-refractivity contribution is -0.122. The van der Waals surface area contributed by atoms with Gasteiger partial charge in [-0.05, 0) is 19.9 Å². The number of nitrogens with zero attached hydrogens (tertiary/aromatic N) is 1. The van der Waals surface area contributed by atoms with Crippen LogP contribution in [0.25, 0.3) is 0 Å². The highest BCUT2D eigenvalue weighted by Crippen LogP contribution is 2.03. The Bertz CT molecular complexity index is 440. The van der Waals surface area contributed by atoms with Gasteiger partial charge in [-0.1, -0.05) is 0 Å². The third-order valence-electron chi connectivity index (χ3n) is 1.84. The van der Waals surface area contributed by atoms with Gasteiger partial charge in [-0.25, -0.2) is 8.42 Å². The largest absolute Gasteiger partial charge is 0.355 e. The molecule has 0 aliphatic rings. The Kier molecular flexibility index (Phi) is 4.02. The first-order valence-corrected chi connectivity index (χ1v) is 6.25. The molecule has 1 aromatic rings. The first kappa shape index (κ1) is 12.7. The van der Waals surface area contributed by atoms with Gasteiger partial charge in [0.25, 0.3) is 10.0 Å². The summed E-state index contributed by atoms with van der Waals surface area (Å²) in [5.41, 5.74) is 0. The SMILES string of the molecule is CCNC(=O)C(C)NS(=O)(=O)c1ccn[nH]1. The topological polar surface area (TPSA) is 104 Å². The molecule has 0 saturated carbocycles. The molecule has 0 saturated heterocycles. The zero-order valence-corrected chi connectivity index (χ0v) is 9.84. The third kappa shape index (κ3) is 3.04. The van der Waals surface area contributed by atoms with E-state index in [-0.39, 0.29) is 10.9 Å². The Balaban J connectivity index is 2.71. The van der Waals surface area contributed by atoms with Crippen molar-refractivity contribution in [1.29, 1.82) is 0 Å². The Labute approximate surface area is 93.7 Å². The summed E-state index contributed by atoms with van der Waals surface area (Å²) in [5.74, 6) is -0.370. The summed E-state index contributed by atoms with van der Waals surface area (Å²) in [7, 11) is -3.71. The maximum atomic E-state index is 11.7. The molecule has 90 valence electrons. The standard InChI is InChI=1S/C8H14N4O3S/c1-3-9-8(13)6(2)12-16(14,15)7-4-5-10-11-7/h4-6,12H,3H2,1-2H3,(H,9,13)(H,10,11). The highest BCUT2D eigenvalue weighted by atomic mass is 32.2. The molecule has 0 radical (unpaired) electrons. The Morgan fingerprint density at radius 1 is 1.62 bits per heavy atom. The number of H-pyrrole nitrogens is 1. The summed E-state index contributed by atoms with van der Waals surface area (Å²) in [4.78, 5) is 11.3. The fourth-order valence-electron chi connectivity index (χ4n) is 1.07. The van der Waals surface area contributed by atoms with Crippen molar-refractivity contribution in [3.8, 4) is 0 Å². The van der Waals surface area contributed by atoms with Crippen molar-refractivity contribution in [2.24, 2.45) is 0 Å². The molecule has 1 amide bonds. The summed E-state index contributed by atoms with van der Waals surface area (Å²) in [5, 5.41) is 8.31. The van der Waals surface area contributed by atoms with Crippen molar-refractivity contribution < 1.29 is 13.2 Å². The van der Waals surface area contributed by atoms with Gasteiger partial charge in [-0.15, -0.1) is 0 Å². The molecule has 16 heavy (non-hydrogen) atoms. The van der Waals surface area contributed by atoms with Crippen molar-refractivity contribution >= 4 is 15.9 Å². The van der Waals surface area contributed by atoms with Crippen LogP contribution in [0.5, 0.6) is 0 Å². The zero-order chi connectivity index (χ0) is 12.2. The lowest BCUT2D eigenvalue weighted by Crippen LogP contribution is -2.44. The van der Waals surface area contributed by atoms with Gasteiger partial charge >= 0.3 is 0 Å². The highest BCUT2D eigenvalue weighted by molar-refractivity contribution is 7.89. The number of likely N-dealkylation sites (N-methyl/N-ethyl adjacent to an activating group) is 1. The number of sulfonamides is 1. The fraction of sp³-hybridized carbons (Fsp3) is 0.500. The van der Waals surface area contributed by atoms with Crippen LogP contribution >= 0.6 is 0 Å². The first-order valence-electron chi connectivity index (χ1n) is 4.76. The lowest BCUT2D eigenvalue weighted by Gasteiger charge is -2.12. The molecule has 0 aliphatic carbocycles. The van der Waals surface area contributed by atoms with E-state index >= 15 is 0 Å². The number of carbonyl (C=O) groups is 1. The van der Waals surface area contributed by atoms with E-state index in [1.54, 1.807) is 6.92 Å². The van der Waals surface area contributed by atoms with Crippen LogP contribution in [0.3, 0.4) is 0 Å². The molecule has 0 bridgehead atoms. The Morgan fingerprint density at radius 3 is 2.81 bits per heavy atom. The summed E-state index contributed by atoms with van der Waals surface area (Å²) in [6, 6.07) is 0.487. The van der Waals surface area contributed by atoms with Crippen LogP contribution in [-0.2, 0) is 14.8 Å². The van der Waals surface area contributed by atoms with E-state index in [9.17, 15) is 13.2 Å². The monoisotopic (exact) mass is 246 g/mol. The second-order valence-corrected chi connectivity index (χ2v) is 4.84. The molecule has 7 nitrogen and oxygen atoms in total. The summed E-state index contributed by atoms with van der Waals surface area (Å²) >= 11 is 0. The van der Waals surface area contributed by atoms with E-state index in [0.717, 1.165) is 0 Å². The minimum absolute atomic E-state index is 0.0661. The minimum atomic E-state index is -3.71. The van der Waals surface area contributed by atoms with Crippen LogP contribution in [0.4, 0.5) is 0 Å². The van der Waals surface area contributed by atoms with Crippen LogP contribution in [0.2, 0.25) is 0 Å². The summed E-state index contributed by atoms with van der Waals surface area (Å²) in [6.45, 7) is 3.68. The van der Waals surface area contributed by atoms with Crippen LogP contribution in [0, 0.1) is 0 Å². The van der Waals surface area contributed by atoms with Crippen LogP contribution in [0.15, 0.2) is 17.3 Å². The molecule has 3 N–H and O–H groups in total. The molecule has 1 aromatic heterocycles. The summed E-state index contributed by atoms with van der Waals surface area (Å²) < 4.78 is 25.5. The molecule has 1 atom stereocenters. The van der Waals surface area contributed by atoms with E-state index in [1.165, 1.54) is 19.2 Å². The van der Waals surface area contributed by atoms with Crippen molar-refractivity contribution in [2.75, 3.05) is 6.54 Å². The number of aromatic nitrogens is 2. The van der Waals surface area contributed by atoms with Gasteiger partial charge in [-0.3, -0.25) is 9.89 Å². The number of aromatic amines is 1. The normalized spacial score (nSPS) is 13.4. The average Bonchev–Trinajstić information content (AvgIpc) is 2.70. The Hall–Kier alpha value is -1.41. The van der Waals surface area contributed by atoms with Crippen LogP contribution in [-0.4, -0.2) is 37.1 Å². The van der Waals surface area contributed by atoms with Gasteiger partial charge in [0, 0.05) is 6.54 Å². The molecule has 0 aliphatic heterocycles.